The van der Waals surface area contributed by atoms with Crippen LogP contribution in [0.2, 0.25) is 0 Å². The van der Waals surface area contributed by atoms with E-state index in [1.165, 1.54) is 0 Å². The highest BCUT2D eigenvalue weighted by Gasteiger charge is 2.37. The summed E-state index contributed by atoms with van der Waals surface area (Å²) < 4.78 is 29.2. The Labute approximate surface area is 122 Å². The summed E-state index contributed by atoms with van der Waals surface area (Å²) in [4.78, 5) is 2.42. The highest BCUT2D eigenvalue weighted by Crippen LogP contribution is 2.25. The van der Waals surface area contributed by atoms with Crippen LogP contribution in [0.25, 0.3) is 0 Å². The molecule has 1 aliphatic rings. The maximum absolute atomic E-state index is 12.1. The molecule has 1 aliphatic heterocycles. The second-order valence-electron chi connectivity index (χ2n) is 6.12. The summed E-state index contributed by atoms with van der Waals surface area (Å²) in [5.74, 6) is 0.546. The van der Waals surface area contributed by atoms with Gasteiger partial charge in [0.05, 0.1) is 6.61 Å². The Kier molecular flexibility index (Phi) is 7.34. The van der Waals surface area contributed by atoms with E-state index in [2.05, 4.69) is 37.9 Å². The topological polar surface area (TPSA) is 24.5 Å². The van der Waals surface area contributed by atoms with E-state index < -0.39 is 13.0 Å². The largest absolute Gasteiger partial charge is 0.374 e. The van der Waals surface area contributed by atoms with Gasteiger partial charge in [-0.2, -0.15) is 0 Å². The molecule has 0 bridgehead atoms. The molecule has 0 amide bonds. The zero-order valence-electron chi connectivity index (χ0n) is 13.3. The SMILES string of the molecule is CCC1(CC)CN(CCOCC(F)F)C(C(C)C)CN1. The Hall–Kier alpha value is -0.260. The van der Waals surface area contributed by atoms with Crippen molar-refractivity contribution >= 4 is 0 Å². The molecule has 1 N–H and O–H groups in total. The fourth-order valence-corrected chi connectivity index (χ4v) is 2.99. The molecule has 0 aromatic heterocycles. The number of nitrogens with zero attached hydrogens (tertiary/aromatic N) is 1. The van der Waals surface area contributed by atoms with Gasteiger partial charge < -0.3 is 10.1 Å². The summed E-state index contributed by atoms with van der Waals surface area (Å²) in [6.45, 7) is 11.4. The minimum absolute atomic E-state index is 0.161. The summed E-state index contributed by atoms with van der Waals surface area (Å²) >= 11 is 0. The number of piperazine rings is 1. The monoisotopic (exact) mass is 292 g/mol. The van der Waals surface area contributed by atoms with E-state index in [-0.39, 0.29) is 5.54 Å². The molecule has 0 radical (unpaired) electrons. The Balaban J connectivity index is 2.55. The van der Waals surface area contributed by atoms with Crippen LogP contribution in [0.15, 0.2) is 0 Å². The van der Waals surface area contributed by atoms with Crippen LogP contribution in [0, 0.1) is 5.92 Å². The van der Waals surface area contributed by atoms with E-state index in [0.717, 1.165) is 32.5 Å². The fourth-order valence-electron chi connectivity index (χ4n) is 2.99. The number of ether oxygens (including phenoxy) is 1. The van der Waals surface area contributed by atoms with Crippen LogP contribution in [-0.4, -0.2) is 55.8 Å². The standard InChI is InChI=1S/C15H30F2N2O/c1-5-15(6-2)11-19(7-8-20-10-14(16)17)13(9-18-15)12(3)4/h12-14,18H,5-11H2,1-4H3. The van der Waals surface area contributed by atoms with Crippen LogP contribution in [0.4, 0.5) is 8.78 Å². The molecule has 3 nitrogen and oxygen atoms in total. The first-order valence-corrected chi connectivity index (χ1v) is 7.79. The molecule has 0 saturated carbocycles. The molecule has 120 valence electrons. The normalized spacial score (nSPS) is 23.7. The fraction of sp³-hybridized carbons (Fsp3) is 1.00. The molecule has 1 rings (SSSR count). The highest BCUT2D eigenvalue weighted by molar-refractivity contribution is 4.97. The van der Waals surface area contributed by atoms with Gasteiger partial charge in [-0.05, 0) is 18.8 Å². The summed E-state index contributed by atoms with van der Waals surface area (Å²) in [5, 5.41) is 3.70. The van der Waals surface area contributed by atoms with Gasteiger partial charge in [-0.1, -0.05) is 27.7 Å². The van der Waals surface area contributed by atoms with Gasteiger partial charge in [0.15, 0.2) is 0 Å². The van der Waals surface area contributed by atoms with Gasteiger partial charge >= 0.3 is 0 Å². The highest BCUT2D eigenvalue weighted by atomic mass is 19.3. The van der Waals surface area contributed by atoms with Crippen molar-refractivity contribution in [1.29, 1.82) is 0 Å². The van der Waals surface area contributed by atoms with E-state index >= 15 is 0 Å². The predicted octanol–water partition coefficient (Wildman–Crippen LogP) is 2.76. The van der Waals surface area contributed by atoms with E-state index in [4.69, 9.17) is 4.74 Å². The van der Waals surface area contributed by atoms with Crippen molar-refractivity contribution in [2.24, 2.45) is 5.92 Å². The van der Waals surface area contributed by atoms with Crippen molar-refractivity contribution in [1.82, 2.24) is 10.2 Å². The zero-order valence-corrected chi connectivity index (χ0v) is 13.3. The molecular weight excluding hydrogens is 262 g/mol. The molecule has 1 fully saturated rings. The Morgan fingerprint density at radius 3 is 2.45 bits per heavy atom. The van der Waals surface area contributed by atoms with Crippen LogP contribution >= 0.6 is 0 Å². The molecule has 5 heteroatoms. The first-order chi connectivity index (χ1) is 9.44. The lowest BCUT2D eigenvalue weighted by atomic mass is 9.86. The molecule has 1 atom stereocenters. The van der Waals surface area contributed by atoms with Gasteiger partial charge in [-0.15, -0.1) is 0 Å². The smallest absolute Gasteiger partial charge is 0.261 e. The van der Waals surface area contributed by atoms with Gasteiger partial charge in [0.25, 0.3) is 6.43 Å². The van der Waals surface area contributed by atoms with Crippen molar-refractivity contribution < 1.29 is 13.5 Å². The number of hydrogen-bond donors (Lipinski definition) is 1. The summed E-state index contributed by atoms with van der Waals surface area (Å²) in [7, 11) is 0. The Morgan fingerprint density at radius 1 is 1.30 bits per heavy atom. The minimum atomic E-state index is -2.37. The quantitative estimate of drug-likeness (QED) is 0.696. The maximum Gasteiger partial charge on any atom is 0.261 e. The molecule has 0 aliphatic carbocycles. The number of alkyl halides is 2. The molecule has 0 spiro atoms. The van der Waals surface area contributed by atoms with E-state index in [9.17, 15) is 8.78 Å². The van der Waals surface area contributed by atoms with Crippen LogP contribution in [0.5, 0.6) is 0 Å². The van der Waals surface area contributed by atoms with Crippen LogP contribution in [0.1, 0.15) is 40.5 Å². The van der Waals surface area contributed by atoms with Crippen molar-refractivity contribution in [2.75, 3.05) is 32.8 Å². The molecular formula is C15H30F2N2O. The Morgan fingerprint density at radius 2 is 1.95 bits per heavy atom. The van der Waals surface area contributed by atoms with Crippen molar-refractivity contribution in [2.45, 2.75) is 58.5 Å². The number of nitrogens with one attached hydrogen (secondary N) is 1. The lowest BCUT2D eigenvalue weighted by molar-refractivity contribution is -0.0116. The number of halogens is 2. The van der Waals surface area contributed by atoms with Gasteiger partial charge in [0.1, 0.15) is 6.61 Å². The molecule has 0 aromatic rings. The second-order valence-corrected chi connectivity index (χ2v) is 6.12. The van der Waals surface area contributed by atoms with E-state index in [0.29, 0.717) is 18.6 Å². The lowest BCUT2D eigenvalue weighted by Gasteiger charge is -2.49. The molecule has 20 heavy (non-hydrogen) atoms. The van der Waals surface area contributed by atoms with Crippen LogP contribution in [0.3, 0.4) is 0 Å². The van der Waals surface area contributed by atoms with Crippen molar-refractivity contribution in [3.63, 3.8) is 0 Å². The first-order valence-electron chi connectivity index (χ1n) is 7.79. The summed E-state index contributed by atoms with van der Waals surface area (Å²) in [5.41, 5.74) is 0.161. The molecule has 0 aromatic carbocycles. The lowest BCUT2D eigenvalue weighted by Crippen LogP contribution is -2.65. The van der Waals surface area contributed by atoms with Gasteiger partial charge in [0, 0.05) is 31.2 Å². The van der Waals surface area contributed by atoms with Gasteiger partial charge in [-0.25, -0.2) is 8.78 Å². The average molecular weight is 292 g/mol. The molecule has 1 heterocycles. The third-order valence-electron chi connectivity index (χ3n) is 4.55. The third kappa shape index (κ3) is 4.93. The van der Waals surface area contributed by atoms with Gasteiger partial charge in [0.2, 0.25) is 0 Å². The van der Waals surface area contributed by atoms with E-state index in [1.54, 1.807) is 0 Å². The maximum atomic E-state index is 12.1. The van der Waals surface area contributed by atoms with Crippen LogP contribution in [-0.2, 0) is 4.74 Å². The average Bonchev–Trinajstić information content (AvgIpc) is 2.42. The third-order valence-corrected chi connectivity index (χ3v) is 4.55. The summed E-state index contributed by atoms with van der Waals surface area (Å²) in [6, 6.07) is 0.455. The first kappa shape index (κ1) is 17.8. The minimum Gasteiger partial charge on any atom is -0.374 e. The van der Waals surface area contributed by atoms with Gasteiger partial charge in [-0.3, -0.25) is 4.90 Å². The van der Waals surface area contributed by atoms with E-state index in [1.807, 2.05) is 0 Å². The predicted molar refractivity (Wildman–Crippen MR) is 78.3 cm³/mol. The zero-order chi connectivity index (χ0) is 15.2. The molecule has 1 unspecified atom stereocenters. The number of rotatable bonds is 8. The van der Waals surface area contributed by atoms with Crippen molar-refractivity contribution in [3.8, 4) is 0 Å². The number of hydrogen-bond acceptors (Lipinski definition) is 3. The Bertz CT molecular complexity index is 271. The van der Waals surface area contributed by atoms with Crippen LogP contribution < -0.4 is 5.32 Å². The van der Waals surface area contributed by atoms with Crippen molar-refractivity contribution in [3.05, 3.63) is 0 Å². The second kappa shape index (κ2) is 8.25. The molecule has 1 saturated heterocycles. The summed E-state index contributed by atoms with van der Waals surface area (Å²) in [6.07, 6.45) is -0.199.